The number of carbonyl (C=O) groups is 1. The SMILES string of the molecule is CCOC(=O)C1(N)CC(C)C1.Cl. The van der Waals surface area contributed by atoms with Crippen molar-refractivity contribution in [2.45, 2.75) is 32.2 Å². The summed E-state index contributed by atoms with van der Waals surface area (Å²) < 4.78 is 4.83. The standard InChI is InChI=1S/C8H15NO2.ClH/c1-3-11-7(10)8(9)4-6(2)5-8;/h6H,3-5,9H2,1-2H3;1H. The fraction of sp³-hybridized carbons (Fsp3) is 0.875. The van der Waals surface area contributed by atoms with Crippen molar-refractivity contribution in [3.8, 4) is 0 Å². The fourth-order valence-corrected chi connectivity index (χ4v) is 1.63. The maximum absolute atomic E-state index is 11.1. The molecule has 1 aliphatic carbocycles. The second-order valence-corrected chi connectivity index (χ2v) is 3.39. The van der Waals surface area contributed by atoms with Gasteiger partial charge >= 0.3 is 5.97 Å². The van der Waals surface area contributed by atoms with Gasteiger partial charge in [0.2, 0.25) is 0 Å². The van der Waals surface area contributed by atoms with Gasteiger partial charge in [0, 0.05) is 0 Å². The quantitative estimate of drug-likeness (QED) is 0.669. The topological polar surface area (TPSA) is 52.3 Å². The van der Waals surface area contributed by atoms with Gasteiger partial charge in [0.05, 0.1) is 6.61 Å². The first-order valence-electron chi connectivity index (χ1n) is 4.04. The Balaban J connectivity index is 0.00000121. The van der Waals surface area contributed by atoms with Crippen LogP contribution in [0.15, 0.2) is 0 Å². The van der Waals surface area contributed by atoms with E-state index in [9.17, 15) is 4.79 Å². The Morgan fingerprint density at radius 3 is 2.50 bits per heavy atom. The van der Waals surface area contributed by atoms with Gasteiger partial charge in [0.1, 0.15) is 5.54 Å². The molecule has 1 saturated carbocycles. The molecule has 0 spiro atoms. The van der Waals surface area contributed by atoms with Crippen LogP contribution in [0.4, 0.5) is 0 Å². The average molecular weight is 194 g/mol. The first kappa shape index (κ1) is 11.7. The van der Waals surface area contributed by atoms with E-state index in [0.29, 0.717) is 12.5 Å². The lowest BCUT2D eigenvalue weighted by Crippen LogP contribution is -2.57. The van der Waals surface area contributed by atoms with Gasteiger partial charge in [-0.2, -0.15) is 0 Å². The largest absolute Gasteiger partial charge is 0.465 e. The van der Waals surface area contributed by atoms with E-state index in [4.69, 9.17) is 10.5 Å². The number of ether oxygens (including phenoxy) is 1. The molecule has 0 radical (unpaired) electrons. The number of halogens is 1. The molecular weight excluding hydrogens is 178 g/mol. The van der Waals surface area contributed by atoms with Crippen LogP contribution in [0, 0.1) is 5.92 Å². The molecule has 0 saturated heterocycles. The van der Waals surface area contributed by atoms with Gasteiger partial charge in [-0.25, -0.2) is 0 Å². The Morgan fingerprint density at radius 2 is 2.17 bits per heavy atom. The molecule has 0 aromatic heterocycles. The van der Waals surface area contributed by atoms with Crippen LogP contribution in [0.3, 0.4) is 0 Å². The van der Waals surface area contributed by atoms with Crippen molar-refractivity contribution in [1.82, 2.24) is 0 Å². The lowest BCUT2D eigenvalue weighted by Gasteiger charge is -2.40. The molecule has 0 atom stereocenters. The summed E-state index contributed by atoms with van der Waals surface area (Å²) in [5, 5.41) is 0. The van der Waals surface area contributed by atoms with E-state index in [0.717, 1.165) is 12.8 Å². The van der Waals surface area contributed by atoms with Crippen molar-refractivity contribution >= 4 is 18.4 Å². The molecular formula is C8H16ClNO2. The zero-order valence-electron chi connectivity index (χ0n) is 7.50. The second-order valence-electron chi connectivity index (χ2n) is 3.39. The number of rotatable bonds is 2. The summed E-state index contributed by atoms with van der Waals surface area (Å²) in [5.74, 6) is 0.336. The number of esters is 1. The van der Waals surface area contributed by atoms with Gasteiger partial charge in [0.25, 0.3) is 0 Å². The van der Waals surface area contributed by atoms with E-state index in [1.165, 1.54) is 0 Å². The summed E-state index contributed by atoms with van der Waals surface area (Å²) in [6.45, 7) is 4.31. The summed E-state index contributed by atoms with van der Waals surface area (Å²) >= 11 is 0. The minimum Gasteiger partial charge on any atom is -0.465 e. The molecule has 0 aromatic carbocycles. The predicted octanol–water partition coefficient (Wildman–Crippen LogP) is 1.10. The van der Waals surface area contributed by atoms with Crippen molar-refractivity contribution in [2.75, 3.05) is 6.61 Å². The molecule has 72 valence electrons. The number of hydrogen-bond donors (Lipinski definition) is 1. The molecule has 1 rings (SSSR count). The highest BCUT2D eigenvalue weighted by atomic mass is 35.5. The number of carbonyl (C=O) groups excluding carboxylic acids is 1. The fourth-order valence-electron chi connectivity index (χ4n) is 1.63. The molecule has 0 unspecified atom stereocenters. The smallest absolute Gasteiger partial charge is 0.326 e. The summed E-state index contributed by atoms with van der Waals surface area (Å²) in [4.78, 5) is 11.1. The first-order chi connectivity index (χ1) is 5.08. The van der Waals surface area contributed by atoms with Crippen LogP contribution in [0.5, 0.6) is 0 Å². The highest BCUT2D eigenvalue weighted by molar-refractivity contribution is 5.85. The third kappa shape index (κ3) is 2.11. The van der Waals surface area contributed by atoms with Crippen molar-refractivity contribution in [1.29, 1.82) is 0 Å². The minimum absolute atomic E-state index is 0. The van der Waals surface area contributed by atoms with Crippen molar-refractivity contribution in [3.63, 3.8) is 0 Å². The summed E-state index contributed by atoms with van der Waals surface area (Å²) in [6, 6.07) is 0. The highest BCUT2D eigenvalue weighted by Crippen LogP contribution is 2.35. The van der Waals surface area contributed by atoms with Crippen LogP contribution in [0.25, 0.3) is 0 Å². The average Bonchev–Trinajstić information content (AvgIpc) is 1.85. The summed E-state index contributed by atoms with van der Waals surface area (Å²) in [5.41, 5.74) is 5.09. The Bertz CT molecular complexity index is 166. The predicted molar refractivity (Wildman–Crippen MR) is 49.2 cm³/mol. The van der Waals surface area contributed by atoms with Crippen LogP contribution in [-0.4, -0.2) is 18.1 Å². The van der Waals surface area contributed by atoms with E-state index >= 15 is 0 Å². The van der Waals surface area contributed by atoms with E-state index in [2.05, 4.69) is 6.92 Å². The van der Waals surface area contributed by atoms with E-state index in [1.54, 1.807) is 6.92 Å². The summed E-state index contributed by atoms with van der Waals surface area (Å²) in [7, 11) is 0. The maximum atomic E-state index is 11.1. The van der Waals surface area contributed by atoms with Crippen LogP contribution < -0.4 is 5.73 Å². The zero-order chi connectivity index (χ0) is 8.48. The Kier molecular flexibility index (Phi) is 4.00. The third-order valence-electron chi connectivity index (χ3n) is 2.11. The van der Waals surface area contributed by atoms with E-state index in [1.807, 2.05) is 0 Å². The molecule has 1 aliphatic rings. The molecule has 12 heavy (non-hydrogen) atoms. The molecule has 0 aromatic rings. The summed E-state index contributed by atoms with van der Waals surface area (Å²) in [6.07, 6.45) is 1.54. The number of nitrogens with two attached hydrogens (primary N) is 1. The molecule has 0 heterocycles. The number of hydrogen-bond acceptors (Lipinski definition) is 3. The van der Waals surface area contributed by atoms with Crippen LogP contribution in [0.1, 0.15) is 26.7 Å². The van der Waals surface area contributed by atoms with Crippen LogP contribution in [-0.2, 0) is 9.53 Å². The minimum atomic E-state index is -0.657. The third-order valence-corrected chi connectivity index (χ3v) is 2.11. The lowest BCUT2D eigenvalue weighted by atomic mass is 9.70. The Labute approximate surface area is 79.1 Å². The van der Waals surface area contributed by atoms with Gasteiger partial charge in [0.15, 0.2) is 0 Å². The second kappa shape index (κ2) is 4.10. The van der Waals surface area contributed by atoms with Crippen molar-refractivity contribution in [2.24, 2.45) is 11.7 Å². The zero-order valence-corrected chi connectivity index (χ0v) is 8.32. The van der Waals surface area contributed by atoms with Crippen LogP contribution >= 0.6 is 12.4 Å². The lowest BCUT2D eigenvalue weighted by molar-refractivity contribution is -0.154. The Hall–Kier alpha value is -0.280. The molecule has 4 heteroatoms. The van der Waals surface area contributed by atoms with Crippen molar-refractivity contribution in [3.05, 3.63) is 0 Å². The van der Waals surface area contributed by atoms with Gasteiger partial charge in [-0.05, 0) is 25.7 Å². The molecule has 3 nitrogen and oxygen atoms in total. The molecule has 2 N–H and O–H groups in total. The van der Waals surface area contributed by atoms with E-state index in [-0.39, 0.29) is 18.4 Å². The normalized spacial score (nSPS) is 33.1. The monoisotopic (exact) mass is 193 g/mol. The molecule has 0 amide bonds. The van der Waals surface area contributed by atoms with Gasteiger partial charge < -0.3 is 10.5 Å². The van der Waals surface area contributed by atoms with Gasteiger partial charge in [-0.3, -0.25) is 4.79 Å². The highest BCUT2D eigenvalue weighted by Gasteiger charge is 2.46. The van der Waals surface area contributed by atoms with Gasteiger partial charge in [-0.1, -0.05) is 6.92 Å². The molecule has 0 bridgehead atoms. The van der Waals surface area contributed by atoms with E-state index < -0.39 is 5.54 Å². The van der Waals surface area contributed by atoms with Gasteiger partial charge in [-0.15, -0.1) is 12.4 Å². The van der Waals surface area contributed by atoms with Crippen LogP contribution in [0.2, 0.25) is 0 Å². The first-order valence-corrected chi connectivity index (χ1v) is 4.04. The Morgan fingerprint density at radius 1 is 1.67 bits per heavy atom. The molecule has 0 aliphatic heterocycles. The maximum Gasteiger partial charge on any atom is 0.326 e. The molecule has 1 fully saturated rings. The van der Waals surface area contributed by atoms with Crippen molar-refractivity contribution < 1.29 is 9.53 Å².